The average molecular weight is 1280 g/mol. The lowest BCUT2D eigenvalue weighted by atomic mass is 9.94. The highest BCUT2D eigenvalue weighted by molar-refractivity contribution is 7.47. The number of aliphatic hydroxyl groups is 16. The summed E-state index contributed by atoms with van der Waals surface area (Å²) in [5.41, 5.74) is 16.7. The Labute approximate surface area is 475 Å². The number of phosphoric acid groups is 2. The number of hydrogen-bond donors (Lipinski definition) is 22. The van der Waals surface area contributed by atoms with Gasteiger partial charge < -0.3 is 166 Å². The summed E-state index contributed by atoms with van der Waals surface area (Å²) < 4.78 is 110. The van der Waals surface area contributed by atoms with Crippen LogP contribution in [0, 0.1) is 0 Å². The van der Waals surface area contributed by atoms with Crippen molar-refractivity contribution in [2.24, 2.45) is 17.2 Å². The fourth-order valence-electron chi connectivity index (χ4n) is 9.62. The first kappa shape index (κ1) is 71.6. The molecule has 84 heavy (non-hydrogen) atoms. The Balaban J connectivity index is 1.41. The number of carbonyl (C=O) groups excluding carboxylic acids is 1. The highest BCUT2D eigenvalue weighted by Crippen LogP contribution is 2.48. The fourth-order valence-corrected chi connectivity index (χ4v) is 11.3. The van der Waals surface area contributed by atoms with Crippen LogP contribution in [0.5, 0.6) is 0 Å². The molecule has 0 bridgehead atoms. The van der Waals surface area contributed by atoms with Gasteiger partial charge in [0, 0.05) is 20.0 Å². The molecule has 0 aliphatic carbocycles. The van der Waals surface area contributed by atoms with Gasteiger partial charge in [0.15, 0.2) is 37.7 Å². The first-order valence-corrected chi connectivity index (χ1v) is 29.0. The Bertz CT molecular complexity index is 2120. The summed E-state index contributed by atoms with van der Waals surface area (Å²) in [6, 6.07) is -3.49. The molecule has 6 rings (SSSR count). The summed E-state index contributed by atoms with van der Waals surface area (Å²) in [5, 5.41) is 176. The zero-order valence-electron chi connectivity index (χ0n) is 44.4. The molecule has 1 amide bonds. The Morgan fingerprint density at radius 2 is 0.893 bits per heavy atom. The first-order chi connectivity index (χ1) is 39.6. The molecule has 0 radical (unpaired) electrons. The third-order valence-corrected chi connectivity index (χ3v) is 16.1. The number of ether oxygens (including phenoxy) is 11. The maximum absolute atomic E-state index is 13.5. The van der Waals surface area contributed by atoms with E-state index in [0.29, 0.717) is 0 Å². The maximum Gasteiger partial charge on any atom is 0.472 e. The normalized spacial score (nSPS) is 46.5. The predicted octanol–water partition coefficient (Wildman–Crippen LogP) is -13.8. The SMILES string of the molecule is CC(=O)N[C@H]1[C@H](O[C@H]2[C@H](O)[C@H](OP(=O)(O)OCCN)[C@@H](O[C@H]3[C@H](O)[C@@H](N)[C@@H](O)O[C@@H]3CO)O[C@@H]2CO[C@H]2O[C@H](CO)[C@@H](O)[C@H](O)[C@@H]2O[C@H]2O[C@H](COP(=O)(O)OCCN)[C@@H](O)[C@H](O)[C@@H]2O[C@H]2O[C@H](CO)[C@@H](O)[C@H](O)[C@H]2O)O[C@H](CO)[C@H](O)[C@@H]1O. The van der Waals surface area contributed by atoms with Crippen LogP contribution in [0.2, 0.25) is 0 Å². The van der Waals surface area contributed by atoms with Gasteiger partial charge in [-0.15, -0.1) is 0 Å². The average Bonchev–Trinajstić information content (AvgIpc) is 3.63. The van der Waals surface area contributed by atoms with Crippen molar-refractivity contribution in [3.05, 3.63) is 0 Å². The van der Waals surface area contributed by atoms with E-state index in [1.54, 1.807) is 0 Å². The molecule has 6 heterocycles. The van der Waals surface area contributed by atoms with E-state index in [1.807, 2.05) is 0 Å². The van der Waals surface area contributed by atoms with Crippen LogP contribution >= 0.6 is 15.6 Å². The molecule has 0 aromatic carbocycles. The molecule has 0 aromatic heterocycles. The third kappa shape index (κ3) is 17.1. The Kier molecular flexibility index (Phi) is 26.8. The minimum absolute atomic E-state index is 0.261. The monoisotopic (exact) mass is 1280 g/mol. The van der Waals surface area contributed by atoms with Crippen LogP contribution in [0.3, 0.4) is 0 Å². The van der Waals surface area contributed by atoms with Crippen molar-refractivity contribution in [1.82, 2.24) is 5.32 Å². The third-order valence-electron chi connectivity index (χ3n) is 14.1. The number of hydrogen-bond acceptors (Lipinski definition) is 37. The first-order valence-electron chi connectivity index (χ1n) is 26.0. The van der Waals surface area contributed by atoms with Gasteiger partial charge in [0.1, 0.15) is 140 Å². The van der Waals surface area contributed by atoms with E-state index in [0.717, 1.165) is 6.92 Å². The molecule has 492 valence electrons. The van der Waals surface area contributed by atoms with Crippen molar-refractivity contribution in [3.8, 4) is 0 Å². The van der Waals surface area contributed by atoms with Crippen molar-refractivity contribution in [2.45, 2.75) is 191 Å². The molecule has 6 saturated heterocycles. The van der Waals surface area contributed by atoms with Gasteiger partial charge in [0.25, 0.3) is 0 Å². The van der Waals surface area contributed by atoms with E-state index in [-0.39, 0.29) is 13.1 Å². The standard InChI is InChI=1S/C42H78N4O36P2/c1-12(51)46-20-26(57)21(52)13(6-47)73-38(20)78-33-18(77-42(36(31(33)62)82-84(66,67)70-5-3-44)79-32-16(9-50)72-37(63)19(45)25(32)56)10-68-40-34(28(59)23(54)15(8-49)75-40)81-41-35(80-39-30(61)27(58)22(53)14(7-48)74-39)29(60)24(55)17(76-41)11-71-83(64,65)69-4-2-43/h13-42,47-50,52-63H,2-11,43-45H2,1H3,(H,46,51)(H,64,65)(H,66,67)/t13-,14-,15-,16-,17-,18-,19-,20-,21+,22-,23-,24-,25-,26-,27+,28+,29+,30-,31+,32-,33-,34+,35+,36+,37+,38+,39-,40+,41-,42-/m1/s1. The molecule has 25 N–H and O–H groups in total. The molecule has 6 fully saturated rings. The summed E-state index contributed by atoms with van der Waals surface area (Å²) in [6.45, 7) is -7.25. The molecule has 0 spiro atoms. The quantitative estimate of drug-likeness (QED) is 0.0340. The van der Waals surface area contributed by atoms with Crippen molar-refractivity contribution >= 4 is 21.6 Å². The highest BCUT2D eigenvalue weighted by atomic mass is 31.2. The van der Waals surface area contributed by atoms with Crippen LogP contribution in [-0.2, 0) is 84.1 Å². The maximum atomic E-state index is 13.5. The van der Waals surface area contributed by atoms with Crippen LogP contribution < -0.4 is 22.5 Å². The van der Waals surface area contributed by atoms with E-state index in [9.17, 15) is 105 Å². The second-order valence-electron chi connectivity index (χ2n) is 20.0. The number of amides is 1. The second kappa shape index (κ2) is 31.5. The number of nitrogens with one attached hydrogen (secondary N) is 1. The number of phosphoric ester groups is 2. The van der Waals surface area contributed by atoms with Gasteiger partial charge in [-0.3, -0.25) is 22.9 Å². The zero-order valence-corrected chi connectivity index (χ0v) is 46.2. The number of rotatable bonds is 27. The van der Waals surface area contributed by atoms with Crippen molar-refractivity contribution in [1.29, 1.82) is 0 Å². The molecule has 42 heteroatoms. The lowest BCUT2D eigenvalue weighted by Crippen LogP contribution is -2.69. The molecule has 0 saturated carbocycles. The van der Waals surface area contributed by atoms with Crippen LogP contribution in [0.15, 0.2) is 0 Å². The molecule has 0 aromatic rings. The largest absolute Gasteiger partial charge is 0.472 e. The lowest BCUT2D eigenvalue weighted by molar-refractivity contribution is -0.397. The predicted molar refractivity (Wildman–Crippen MR) is 260 cm³/mol. The van der Waals surface area contributed by atoms with Gasteiger partial charge in [0.2, 0.25) is 5.91 Å². The summed E-state index contributed by atoms with van der Waals surface area (Å²) in [6.07, 6.45) is -58.6. The smallest absolute Gasteiger partial charge is 0.394 e. The summed E-state index contributed by atoms with van der Waals surface area (Å²) in [5.74, 6) is -0.873. The van der Waals surface area contributed by atoms with Crippen LogP contribution in [-0.4, -0.2) is 347 Å². The molecule has 32 atom stereocenters. The Hall–Kier alpha value is -1.51. The lowest BCUT2D eigenvalue weighted by Gasteiger charge is -2.50. The molecular formula is C42H78N4O36P2. The van der Waals surface area contributed by atoms with Crippen molar-refractivity contribution in [2.75, 3.05) is 65.9 Å². The molecular weight excluding hydrogens is 1200 g/mol. The summed E-state index contributed by atoms with van der Waals surface area (Å²) >= 11 is 0. The van der Waals surface area contributed by atoms with Crippen LogP contribution in [0.25, 0.3) is 0 Å². The van der Waals surface area contributed by atoms with Crippen molar-refractivity contribution < 1.29 is 176 Å². The molecule has 6 aliphatic rings. The van der Waals surface area contributed by atoms with E-state index >= 15 is 0 Å². The number of aliphatic hydroxyl groups excluding tert-OH is 16. The van der Waals surface area contributed by atoms with Gasteiger partial charge in [-0.1, -0.05) is 0 Å². The fraction of sp³-hybridized carbons (Fsp3) is 0.976. The van der Waals surface area contributed by atoms with Crippen LogP contribution in [0.4, 0.5) is 0 Å². The van der Waals surface area contributed by atoms with Crippen molar-refractivity contribution in [3.63, 3.8) is 0 Å². The van der Waals surface area contributed by atoms with E-state index in [2.05, 4.69) is 5.32 Å². The van der Waals surface area contributed by atoms with Gasteiger partial charge in [-0.2, -0.15) is 0 Å². The number of nitrogens with two attached hydrogens (primary N) is 3. The topological polar surface area (TPSA) is 644 Å². The van der Waals surface area contributed by atoms with E-state index in [1.165, 1.54) is 0 Å². The summed E-state index contributed by atoms with van der Waals surface area (Å²) in [4.78, 5) is 33.6. The van der Waals surface area contributed by atoms with Crippen LogP contribution in [0.1, 0.15) is 6.92 Å². The zero-order chi connectivity index (χ0) is 62.3. The highest BCUT2D eigenvalue weighted by Gasteiger charge is 2.59. The molecule has 6 aliphatic heterocycles. The Morgan fingerprint density at radius 1 is 0.452 bits per heavy atom. The molecule has 40 nitrogen and oxygen atoms in total. The minimum Gasteiger partial charge on any atom is -0.394 e. The summed E-state index contributed by atoms with van der Waals surface area (Å²) in [7, 11) is -10.4. The van der Waals surface area contributed by atoms with E-state index in [4.69, 9.17) is 87.4 Å². The van der Waals surface area contributed by atoms with Gasteiger partial charge in [-0.05, 0) is 0 Å². The molecule has 2 unspecified atom stereocenters. The van der Waals surface area contributed by atoms with Gasteiger partial charge in [0.05, 0.1) is 58.9 Å². The Morgan fingerprint density at radius 3 is 1.46 bits per heavy atom. The minimum atomic E-state index is -5.42. The van der Waals surface area contributed by atoms with Gasteiger partial charge >= 0.3 is 15.6 Å². The van der Waals surface area contributed by atoms with E-state index < -0.39 is 259 Å². The number of carbonyl (C=O) groups is 1. The second-order valence-corrected chi connectivity index (χ2v) is 22.9. The van der Waals surface area contributed by atoms with Gasteiger partial charge in [-0.25, -0.2) is 9.13 Å².